The Balaban J connectivity index is 1.38. The molecule has 3 aromatic rings. The Morgan fingerprint density at radius 2 is 1.97 bits per heavy atom. The fourth-order valence-corrected chi connectivity index (χ4v) is 4.07. The Morgan fingerprint density at radius 1 is 1.18 bits per heavy atom. The van der Waals surface area contributed by atoms with Crippen molar-refractivity contribution in [2.24, 2.45) is 5.41 Å². The molecule has 1 amide bonds. The van der Waals surface area contributed by atoms with Crippen molar-refractivity contribution in [3.05, 3.63) is 65.4 Å². The first-order valence-corrected chi connectivity index (χ1v) is 12.0. The zero-order valence-electron chi connectivity index (χ0n) is 20.6. The Hall–Kier alpha value is -2.96. The SMILES string of the molecule is Cc1c(NC(=O)c2ccc(OC[C@@H]3CCCO3)cc2)ccc2cc(CNCC(C)(C)C)cnc12. The number of fused-ring (bicyclic) bond motifs is 1. The van der Waals surface area contributed by atoms with Gasteiger partial charge in [0.05, 0.1) is 11.6 Å². The van der Waals surface area contributed by atoms with Crippen LogP contribution in [0.4, 0.5) is 5.69 Å². The van der Waals surface area contributed by atoms with Crippen LogP contribution in [0.5, 0.6) is 5.75 Å². The third-order valence-electron chi connectivity index (χ3n) is 5.97. The number of nitrogens with zero attached hydrogens (tertiary/aromatic N) is 1. The zero-order chi connectivity index (χ0) is 24.1. The summed E-state index contributed by atoms with van der Waals surface area (Å²) < 4.78 is 11.4. The Labute approximate surface area is 202 Å². The minimum absolute atomic E-state index is 0.156. The predicted molar refractivity (Wildman–Crippen MR) is 137 cm³/mol. The second-order valence-electron chi connectivity index (χ2n) is 10.2. The number of aromatic nitrogens is 1. The summed E-state index contributed by atoms with van der Waals surface area (Å²) in [5.41, 5.74) is 4.59. The fourth-order valence-electron chi connectivity index (χ4n) is 4.07. The van der Waals surface area contributed by atoms with Crippen molar-refractivity contribution in [1.82, 2.24) is 10.3 Å². The molecule has 1 atom stereocenters. The molecular formula is C28H35N3O3. The highest BCUT2D eigenvalue weighted by atomic mass is 16.5. The molecule has 34 heavy (non-hydrogen) atoms. The highest BCUT2D eigenvalue weighted by Crippen LogP contribution is 2.25. The maximum absolute atomic E-state index is 12.8. The van der Waals surface area contributed by atoms with Crippen molar-refractivity contribution in [2.45, 2.75) is 53.2 Å². The molecule has 0 unspecified atom stereocenters. The van der Waals surface area contributed by atoms with Gasteiger partial charge in [-0.2, -0.15) is 0 Å². The van der Waals surface area contributed by atoms with Crippen LogP contribution < -0.4 is 15.4 Å². The highest BCUT2D eigenvalue weighted by molar-refractivity contribution is 6.06. The summed E-state index contributed by atoms with van der Waals surface area (Å²) in [4.78, 5) is 17.5. The van der Waals surface area contributed by atoms with Crippen LogP contribution in [0.2, 0.25) is 0 Å². The molecule has 0 bridgehead atoms. The third-order valence-corrected chi connectivity index (χ3v) is 5.97. The molecule has 1 aromatic heterocycles. The number of ether oxygens (including phenoxy) is 2. The molecule has 2 N–H and O–H groups in total. The van der Waals surface area contributed by atoms with Gasteiger partial charge in [0, 0.05) is 42.5 Å². The van der Waals surface area contributed by atoms with Gasteiger partial charge in [-0.3, -0.25) is 9.78 Å². The number of carbonyl (C=O) groups excluding carboxylic acids is 1. The van der Waals surface area contributed by atoms with E-state index < -0.39 is 0 Å². The number of benzene rings is 2. The average Bonchev–Trinajstić information content (AvgIpc) is 3.33. The molecule has 4 rings (SSSR count). The van der Waals surface area contributed by atoms with Gasteiger partial charge < -0.3 is 20.1 Å². The molecule has 0 spiro atoms. The second-order valence-corrected chi connectivity index (χ2v) is 10.2. The van der Waals surface area contributed by atoms with E-state index in [0.29, 0.717) is 12.2 Å². The number of anilines is 1. The largest absolute Gasteiger partial charge is 0.491 e. The van der Waals surface area contributed by atoms with Crippen molar-refractivity contribution in [3.63, 3.8) is 0 Å². The molecule has 1 aliphatic rings. The first-order chi connectivity index (χ1) is 16.3. The van der Waals surface area contributed by atoms with E-state index in [9.17, 15) is 4.79 Å². The number of amides is 1. The molecule has 2 aromatic carbocycles. The number of nitrogens with one attached hydrogen (secondary N) is 2. The molecule has 0 saturated carbocycles. The summed E-state index contributed by atoms with van der Waals surface area (Å²) in [6, 6.07) is 13.3. The lowest BCUT2D eigenvalue weighted by atomic mass is 9.97. The van der Waals surface area contributed by atoms with Gasteiger partial charge in [0.2, 0.25) is 0 Å². The van der Waals surface area contributed by atoms with Gasteiger partial charge in [-0.15, -0.1) is 0 Å². The maximum atomic E-state index is 12.8. The second kappa shape index (κ2) is 10.5. The van der Waals surface area contributed by atoms with Crippen LogP contribution in [0.1, 0.15) is 55.1 Å². The summed E-state index contributed by atoms with van der Waals surface area (Å²) in [6.45, 7) is 11.7. The first-order valence-electron chi connectivity index (χ1n) is 12.0. The molecule has 6 nitrogen and oxygen atoms in total. The minimum Gasteiger partial charge on any atom is -0.491 e. The predicted octanol–water partition coefficient (Wildman–Crippen LogP) is 5.49. The fraction of sp³-hybridized carbons (Fsp3) is 0.429. The summed E-state index contributed by atoms with van der Waals surface area (Å²) in [7, 11) is 0. The van der Waals surface area contributed by atoms with Crippen molar-refractivity contribution >= 4 is 22.5 Å². The van der Waals surface area contributed by atoms with E-state index in [1.807, 2.05) is 37.4 Å². The van der Waals surface area contributed by atoms with E-state index in [1.165, 1.54) is 0 Å². The number of aryl methyl sites for hydroxylation is 1. The number of carbonyl (C=O) groups is 1. The smallest absolute Gasteiger partial charge is 0.255 e. The molecule has 180 valence electrons. The van der Waals surface area contributed by atoms with Gasteiger partial charge in [0.1, 0.15) is 12.4 Å². The van der Waals surface area contributed by atoms with Crippen LogP contribution in [0.15, 0.2) is 48.7 Å². The van der Waals surface area contributed by atoms with Crippen LogP contribution in [-0.4, -0.2) is 36.8 Å². The Kier molecular flexibility index (Phi) is 7.49. The number of hydrogen-bond acceptors (Lipinski definition) is 5. The standard InChI is InChI=1S/C28H35N3O3/c1-19-25(12-9-22-14-20(16-30-26(19)22)15-29-18-28(2,3)4)31-27(32)21-7-10-23(11-8-21)34-17-24-6-5-13-33-24/h7-12,14,16,24,29H,5-6,13,15,17-18H2,1-4H3,(H,31,32)/t24-/m0/s1. The van der Waals surface area contributed by atoms with Gasteiger partial charge >= 0.3 is 0 Å². The molecule has 1 saturated heterocycles. The van der Waals surface area contributed by atoms with Crippen molar-refractivity contribution in [2.75, 3.05) is 25.1 Å². The Bertz CT molecular complexity index is 1130. The van der Waals surface area contributed by atoms with Crippen molar-refractivity contribution < 1.29 is 14.3 Å². The number of hydrogen-bond donors (Lipinski definition) is 2. The lowest BCUT2D eigenvalue weighted by Gasteiger charge is -2.19. The van der Waals surface area contributed by atoms with Gasteiger partial charge in [0.25, 0.3) is 5.91 Å². The summed E-state index contributed by atoms with van der Waals surface area (Å²) >= 11 is 0. The van der Waals surface area contributed by atoms with Crippen LogP contribution in [0.25, 0.3) is 10.9 Å². The maximum Gasteiger partial charge on any atom is 0.255 e. The summed E-state index contributed by atoms with van der Waals surface area (Å²) in [5.74, 6) is 0.585. The average molecular weight is 462 g/mol. The van der Waals surface area contributed by atoms with E-state index in [-0.39, 0.29) is 17.4 Å². The highest BCUT2D eigenvalue weighted by Gasteiger charge is 2.16. The molecule has 0 radical (unpaired) electrons. The van der Waals surface area contributed by atoms with Crippen LogP contribution in [0, 0.1) is 12.3 Å². The monoisotopic (exact) mass is 461 g/mol. The van der Waals surface area contributed by atoms with E-state index in [0.717, 1.165) is 66.0 Å². The van der Waals surface area contributed by atoms with Crippen LogP contribution >= 0.6 is 0 Å². The third kappa shape index (κ3) is 6.33. The van der Waals surface area contributed by atoms with Gasteiger partial charge in [-0.05, 0) is 72.7 Å². The normalized spacial score (nSPS) is 16.1. The van der Waals surface area contributed by atoms with Crippen LogP contribution in [-0.2, 0) is 11.3 Å². The quantitative estimate of drug-likeness (QED) is 0.464. The van der Waals surface area contributed by atoms with Crippen molar-refractivity contribution in [3.8, 4) is 5.75 Å². The van der Waals surface area contributed by atoms with Gasteiger partial charge in [-0.25, -0.2) is 0 Å². The summed E-state index contributed by atoms with van der Waals surface area (Å²) in [5, 5.41) is 7.59. The molecule has 2 heterocycles. The van der Waals surface area contributed by atoms with E-state index in [4.69, 9.17) is 9.47 Å². The number of rotatable bonds is 8. The first kappa shape index (κ1) is 24.2. The zero-order valence-corrected chi connectivity index (χ0v) is 20.6. The van der Waals surface area contributed by atoms with Gasteiger partial charge in [-0.1, -0.05) is 26.8 Å². The summed E-state index contributed by atoms with van der Waals surface area (Å²) in [6.07, 6.45) is 4.21. The molecule has 1 fully saturated rings. The Morgan fingerprint density at radius 3 is 2.68 bits per heavy atom. The lowest BCUT2D eigenvalue weighted by Crippen LogP contribution is -2.26. The molecule has 6 heteroatoms. The van der Waals surface area contributed by atoms with E-state index in [2.05, 4.69) is 42.5 Å². The topological polar surface area (TPSA) is 72.5 Å². The van der Waals surface area contributed by atoms with E-state index in [1.54, 1.807) is 12.1 Å². The number of pyridine rings is 1. The lowest BCUT2D eigenvalue weighted by molar-refractivity contribution is 0.0679. The van der Waals surface area contributed by atoms with Crippen LogP contribution in [0.3, 0.4) is 0 Å². The van der Waals surface area contributed by atoms with E-state index >= 15 is 0 Å². The molecular weight excluding hydrogens is 426 g/mol. The van der Waals surface area contributed by atoms with Crippen molar-refractivity contribution in [1.29, 1.82) is 0 Å². The minimum atomic E-state index is -0.156. The van der Waals surface area contributed by atoms with Gasteiger partial charge in [0.15, 0.2) is 0 Å². The molecule has 1 aliphatic heterocycles. The molecule has 0 aliphatic carbocycles.